The molecule has 0 unspecified atom stereocenters. The molecule has 1 N–H and O–H groups in total. The lowest BCUT2D eigenvalue weighted by molar-refractivity contribution is 0.296. The fourth-order valence-corrected chi connectivity index (χ4v) is 1.53. The van der Waals surface area contributed by atoms with Gasteiger partial charge in [-0.2, -0.15) is 0 Å². The molecule has 0 aliphatic carbocycles. The van der Waals surface area contributed by atoms with Gasteiger partial charge in [-0.05, 0) is 30.8 Å². The highest BCUT2D eigenvalue weighted by Gasteiger charge is 2.00. The first kappa shape index (κ1) is 11.1. The Labute approximate surface area is 86.9 Å². The molecule has 1 aromatic rings. The first-order valence-electron chi connectivity index (χ1n) is 5.29. The molecular weight excluding hydrogens is 172 g/mol. The summed E-state index contributed by atoms with van der Waals surface area (Å²) in [5, 5.41) is 3.16. The summed E-state index contributed by atoms with van der Waals surface area (Å²) in [6.07, 6.45) is 0. The molecule has 2 nitrogen and oxygen atoms in total. The van der Waals surface area contributed by atoms with Crippen molar-refractivity contribution in [1.29, 1.82) is 0 Å². The van der Waals surface area contributed by atoms with Gasteiger partial charge in [0.1, 0.15) is 0 Å². The molecule has 0 bridgehead atoms. The van der Waals surface area contributed by atoms with E-state index in [0.29, 0.717) is 0 Å². The topological polar surface area (TPSA) is 15.3 Å². The SMILES string of the molecule is CCN(CC)Cc1cccc(NC)c1. The maximum Gasteiger partial charge on any atom is 0.0340 e. The normalized spacial score (nSPS) is 10.6. The van der Waals surface area contributed by atoms with Gasteiger partial charge >= 0.3 is 0 Å². The molecule has 0 amide bonds. The van der Waals surface area contributed by atoms with Crippen LogP contribution in [-0.4, -0.2) is 25.0 Å². The van der Waals surface area contributed by atoms with Crippen LogP contribution in [0.5, 0.6) is 0 Å². The second-order valence-electron chi connectivity index (χ2n) is 3.41. The molecule has 14 heavy (non-hydrogen) atoms. The number of anilines is 1. The molecule has 0 spiro atoms. The van der Waals surface area contributed by atoms with E-state index >= 15 is 0 Å². The van der Waals surface area contributed by atoms with Crippen molar-refractivity contribution in [2.45, 2.75) is 20.4 Å². The molecule has 1 rings (SSSR count). The zero-order chi connectivity index (χ0) is 10.4. The largest absolute Gasteiger partial charge is 0.388 e. The van der Waals surface area contributed by atoms with Crippen molar-refractivity contribution in [3.63, 3.8) is 0 Å². The van der Waals surface area contributed by atoms with Crippen LogP contribution in [0.4, 0.5) is 5.69 Å². The third-order valence-electron chi connectivity index (χ3n) is 2.52. The Hall–Kier alpha value is -1.02. The summed E-state index contributed by atoms with van der Waals surface area (Å²) in [6.45, 7) is 7.67. The molecular formula is C12H20N2. The van der Waals surface area contributed by atoms with E-state index in [-0.39, 0.29) is 0 Å². The molecule has 1 aromatic carbocycles. The van der Waals surface area contributed by atoms with E-state index in [1.807, 2.05) is 7.05 Å². The fourth-order valence-electron chi connectivity index (χ4n) is 1.53. The van der Waals surface area contributed by atoms with Gasteiger partial charge in [0.25, 0.3) is 0 Å². The van der Waals surface area contributed by atoms with Crippen LogP contribution in [0.1, 0.15) is 19.4 Å². The Morgan fingerprint density at radius 1 is 1.21 bits per heavy atom. The Morgan fingerprint density at radius 3 is 2.50 bits per heavy atom. The second-order valence-corrected chi connectivity index (χ2v) is 3.41. The van der Waals surface area contributed by atoms with Gasteiger partial charge in [-0.3, -0.25) is 4.90 Å². The van der Waals surface area contributed by atoms with Crippen LogP contribution in [0.25, 0.3) is 0 Å². The van der Waals surface area contributed by atoms with E-state index in [2.05, 4.69) is 48.3 Å². The molecule has 0 atom stereocenters. The van der Waals surface area contributed by atoms with Gasteiger partial charge in [0.05, 0.1) is 0 Å². The van der Waals surface area contributed by atoms with Crippen molar-refractivity contribution >= 4 is 5.69 Å². The monoisotopic (exact) mass is 192 g/mol. The van der Waals surface area contributed by atoms with Crippen LogP contribution in [-0.2, 0) is 6.54 Å². The second kappa shape index (κ2) is 5.66. The van der Waals surface area contributed by atoms with Crippen LogP contribution < -0.4 is 5.32 Å². The summed E-state index contributed by atoms with van der Waals surface area (Å²) < 4.78 is 0. The van der Waals surface area contributed by atoms with Crippen LogP contribution in [0.3, 0.4) is 0 Å². The minimum absolute atomic E-state index is 1.04. The molecule has 0 aliphatic heterocycles. The van der Waals surface area contributed by atoms with Crippen molar-refractivity contribution in [2.75, 3.05) is 25.5 Å². The number of benzene rings is 1. The average molecular weight is 192 g/mol. The number of nitrogens with zero attached hydrogens (tertiary/aromatic N) is 1. The third kappa shape index (κ3) is 3.04. The van der Waals surface area contributed by atoms with Crippen molar-refractivity contribution in [3.8, 4) is 0 Å². The number of rotatable bonds is 5. The first-order chi connectivity index (χ1) is 6.80. The van der Waals surface area contributed by atoms with Crippen LogP contribution in [0.15, 0.2) is 24.3 Å². The lowest BCUT2D eigenvalue weighted by atomic mass is 10.2. The minimum Gasteiger partial charge on any atom is -0.388 e. The molecule has 0 heterocycles. The Morgan fingerprint density at radius 2 is 1.93 bits per heavy atom. The molecule has 0 saturated heterocycles. The van der Waals surface area contributed by atoms with Gasteiger partial charge in [-0.25, -0.2) is 0 Å². The highest BCUT2D eigenvalue weighted by atomic mass is 15.1. The maximum atomic E-state index is 3.16. The molecule has 0 radical (unpaired) electrons. The van der Waals surface area contributed by atoms with Gasteiger partial charge in [-0.15, -0.1) is 0 Å². The van der Waals surface area contributed by atoms with Crippen molar-refractivity contribution < 1.29 is 0 Å². The van der Waals surface area contributed by atoms with Gasteiger partial charge in [-0.1, -0.05) is 26.0 Å². The number of hydrogen-bond acceptors (Lipinski definition) is 2. The lowest BCUT2D eigenvalue weighted by Crippen LogP contribution is -2.22. The van der Waals surface area contributed by atoms with Crippen molar-refractivity contribution in [2.24, 2.45) is 0 Å². The minimum atomic E-state index is 1.04. The highest BCUT2D eigenvalue weighted by molar-refractivity contribution is 5.44. The van der Waals surface area contributed by atoms with Crippen LogP contribution in [0.2, 0.25) is 0 Å². The lowest BCUT2D eigenvalue weighted by Gasteiger charge is -2.18. The van der Waals surface area contributed by atoms with Gasteiger partial charge in [0.2, 0.25) is 0 Å². The average Bonchev–Trinajstić information content (AvgIpc) is 2.26. The quantitative estimate of drug-likeness (QED) is 0.771. The van der Waals surface area contributed by atoms with Crippen molar-refractivity contribution in [3.05, 3.63) is 29.8 Å². The zero-order valence-electron chi connectivity index (χ0n) is 9.38. The Balaban J connectivity index is 2.65. The van der Waals surface area contributed by atoms with Crippen molar-refractivity contribution in [1.82, 2.24) is 4.90 Å². The smallest absolute Gasteiger partial charge is 0.0340 e. The van der Waals surface area contributed by atoms with E-state index in [4.69, 9.17) is 0 Å². The molecule has 0 fully saturated rings. The summed E-state index contributed by atoms with van der Waals surface area (Å²) in [4.78, 5) is 2.41. The van der Waals surface area contributed by atoms with E-state index in [1.54, 1.807) is 0 Å². The standard InChI is InChI=1S/C12H20N2/c1-4-14(5-2)10-11-7-6-8-12(9-11)13-3/h6-9,13H,4-5,10H2,1-3H3. The summed E-state index contributed by atoms with van der Waals surface area (Å²) in [6, 6.07) is 8.58. The van der Waals surface area contributed by atoms with E-state index < -0.39 is 0 Å². The first-order valence-corrected chi connectivity index (χ1v) is 5.29. The number of hydrogen-bond donors (Lipinski definition) is 1. The van der Waals surface area contributed by atoms with Gasteiger partial charge in [0, 0.05) is 19.3 Å². The molecule has 0 saturated carbocycles. The predicted octanol–water partition coefficient (Wildman–Crippen LogP) is 2.57. The fraction of sp³-hybridized carbons (Fsp3) is 0.500. The third-order valence-corrected chi connectivity index (χ3v) is 2.52. The molecule has 0 aliphatic rings. The summed E-state index contributed by atoms with van der Waals surface area (Å²) in [7, 11) is 1.95. The van der Waals surface area contributed by atoms with Crippen LogP contribution >= 0.6 is 0 Å². The van der Waals surface area contributed by atoms with Gasteiger partial charge < -0.3 is 5.32 Å². The van der Waals surface area contributed by atoms with E-state index in [9.17, 15) is 0 Å². The highest BCUT2D eigenvalue weighted by Crippen LogP contribution is 2.11. The maximum absolute atomic E-state index is 3.16. The Bertz CT molecular complexity index is 267. The zero-order valence-corrected chi connectivity index (χ0v) is 9.38. The van der Waals surface area contributed by atoms with E-state index in [0.717, 1.165) is 19.6 Å². The summed E-state index contributed by atoms with van der Waals surface area (Å²) in [5.41, 5.74) is 2.57. The summed E-state index contributed by atoms with van der Waals surface area (Å²) in [5.74, 6) is 0. The number of nitrogens with one attached hydrogen (secondary N) is 1. The van der Waals surface area contributed by atoms with E-state index in [1.165, 1.54) is 11.3 Å². The molecule has 78 valence electrons. The van der Waals surface area contributed by atoms with Crippen LogP contribution in [0, 0.1) is 0 Å². The molecule has 0 aromatic heterocycles. The summed E-state index contributed by atoms with van der Waals surface area (Å²) >= 11 is 0. The van der Waals surface area contributed by atoms with Gasteiger partial charge in [0.15, 0.2) is 0 Å². The Kier molecular flexibility index (Phi) is 4.47. The molecule has 2 heteroatoms. The predicted molar refractivity (Wildman–Crippen MR) is 62.6 cm³/mol.